The van der Waals surface area contributed by atoms with Crippen LogP contribution in [0.2, 0.25) is 10.0 Å². The molecule has 1 aromatic carbocycles. The van der Waals surface area contributed by atoms with Gasteiger partial charge in [0.05, 0.1) is 22.0 Å². The van der Waals surface area contributed by atoms with Gasteiger partial charge in [-0.15, -0.1) is 0 Å². The number of carbonyl (C=O) groups is 2. The highest BCUT2D eigenvalue weighted by atomic mass is 35.5. The second kappa shape index (κ2) is 10.3. The monoisotopic (exact) mass is 465 g/mol. The summed E-state index contributed by atoms with van der Waals surface area (Å²) in [4.78, 5) is 29.7. The van der Waals surface area contributed by atoms with Crippen LogP contribution in [0.4, 0.5) is 5.82 Å². The third-order valence-corrected chi connectivity index (χ3v) is 5.77. The summed E-state index contributed by atoms with van der Waals surface area (Å²) in [5.74, 6) is -0.879. The maximum Gasteiger partial charge on any atom is 0.237 e. The molecule has 0 fully saturated rings. The van der Waals surface area contributed by atoms with Gasteiger partial charge in [0.15, 0.2) is 0 Å². The zero-order valence-corrected chi connectivity index (χ0v) is 19.6. The number of nitrogens with one attached hydrogen (secondary N) is 2. The smallest absolute Gasteiger partial charge is 0.237 e. The van der Waals surface area contributed by atoms with E-state index in [4.69, 9.17) is 34.7 Å². The number of halogens is 2. The molecule has 0 unspecified atom stereocenters. The van der Waals surface area contributed by atoms with Crippen LogP contribution in [0.15, 0.2) is 30.3 Å². The highest BCUT2D eigenvalue weighted by molar-refractivity contribution is 6.42. The van der Waals surface area contributed by atoms with Gasteiger partial charge in [0.25, 0.3) is 0 Å². The number of amides is 2. The molecule has 0 spiro atoms. The highest BCUT2D eigenvalue weighted by Gasteiger charge is 2.29. The molecule has 0 aliphatic carbocycles. The number of nitrogens with zero attached hydrogens (tertiary/aromatic N) is 1. The van der Waals surface area contributed by atoms with Gasteiger partial charge in [0.1, 0.15) is 5.82 Å². The van der Waals surface area contributed by atoms with Crippen molar-refractivity contribution < 1.29 is 9.59 Å². The van der Waals surface area contributed by atoms with Crippen LogP contribution in [0.1, 0.15) is 43.5 Å². The van der Waals surface area contributed by atoms with Crippen LogP contribution in [0.3, 0.4) is 0 Å². The van der Waals surface area contributed by atoms with Crippen molar-refractivity contribution in [3.63, 3.8) is 0 Å². The molecule has 0 aliphatic heterocycles. The maximum atomic E-state index is 13.1. The summed E-state index contributed by atoms with van der Waals surface area (Å²) in [6, 6.07) is 7.74. The second-order valence-corrected chi connectivity index (χ2v) is 9.33. The Morgan fingerprint density at radius 2 is 1.74 bits per heavy atom. The SMILES string of the molecule is Cc1nc(N)ccc1CNC(=O)[C@@H](CNC(=O)[C@H](N)C(C)(C)C)c1ccc(Cl)c(Cl)c1. The first-order valence-electron chi connectivity index (χ1n) is 9.88. The van der Waals surface area contributed by atoms with Gasteiger partial charge >= 0.3 is 0 Å². The van der Waals surface area contributed by atoms with E-state index < -0.39 is 17.4 Å². The molecule has 2 atom stereocenters. The minimum Gasteiger partial charge on any atom is -0.384 e. The topological polar surface area (TPSA) is 123 Å². The number of carbonyl (C=O) groups excluding carboxylic acids is 2. The fourth-order valence-electron chi connectivity index (χ4n) is 2.90. The normalized spacial score (nSPS) is 13.4. The Labute approximate surface area is 192 Å². The lowest BCUT2D eigenvalue weighted by Gasteiger charge is -2.27. The third-order valence-electron chi connectivity index (χ3n) is 5.03. The van der Waals surface area contributed by atoms with Crippen molar-refractivity contribution in [2.24, 2.45) is 11.1 Å². The number of aryl methyl sites for hydroxylation is 1. The molecule has 6 N–H and O–H groups in total. The number of pyridine rings is 1. The fraction of sp³-hybridized carbons (Fsp3) is 0.409. The largest absolute Gasteiger partial charge is 0.384 e. The number of aromatic nitrogens is 1. The first-order chi connectivity index (χ1) is 14.4. The minimum absolute atomic E-state index is 0.0609. The summed E-state index contributed by atoms with van der Waals surface area (Å²) in [6.45, 7) is 7.79. The van der Waals surface area contributed by atoms with Gasteiger partial charge < -0.3 is 22.1 Å². The number of anilines is 1. The summed E-state index contributed by atoms with van der Waals surface area (Å²) in [5.41, 5.74) is 13.5. The Hall–Kier alpha value is -2.35. The van der Waals surface area contributed by atoms with Gasteiger partial charge in [-0.2, -0.15) is 0 Å². The number of benzene rings is 1. The molecule has 9 heteroatoms. The van der Waals surface area contributed by atoms with Crippen molar-refractivity contribution in [2.45, 2.75) is 46.2 Å². The van der Waals surface area contributed by atoms with E-state index in [-0.39, 0.29) is 24.9 Å². The maximum absolute atomic E-state index is 13.1. The zero-order chi connectivity index (χ0) is 23.3. The highest BCUT2D eigenvalue weighted by Crippen LogP contribution is 2.27. The van der Waals surface area contributed by atoms with Crippen LogP contribution in [0.5, 0.6) is 0 Å². The molecule has 0 radical (unpaired) electrons. The van der Waals surface area contributed by atoms with Crippen molar-refractivity contribution in [3.05, 3.63) is 57.2 Å². The summed E-state index contributed by atoms with van der Waals surface area (Å²) >= 11 is 12.2. The molecule has 31 heavy (non-hydrogen) atoms. The van der Waals surface area contributed by atoms with E-state index in [9.17, 15) is 9.59 Å². The van der Waals surface area contributed by atoms with Gasteiger partial charge in [-0.3, -0.25) is 9.59 Å². The lowest BCUT2D eigenvalue weighted by molar-refractivity contribution is -0.125. The quantitative estimate of drug-likeness (QED) is 0.499. The van der Waals surface area contributed by atoms with E-state index in [1.165, 1.54) is 0 Å². The Morgan fingerprint density at radius 1 is 1.06 bits per heavy atom. The van der Waals surface area contributed by atoms with E-state index in [0.29, 0.717) is 21.4 Å². The molecular weight excluding hydrogens is 437 g/mol. The molecule has 2 rings (SSSR count). The molecule has 0 saturated heterocycles. The lowest BCUT2D eigenvalue weighted by atomic mass is 9.87. The van der Waals surface area contributed by atoms with Crippen molar-refractivity contribution >= 4 is 40.8 Å². The molecule has 1 aromatic heterocycles. The Kier molecular flexibility index (Phi) is 8.28. The van der Waals surface area contributed by atoms with Gasteiger partial charge in [0.2, 0.25) is 11.8 Å². The predicted molar refractivity (Wildman–Crippen MR) is 125 cm³/mol. The van der Waals surface area contributed by atoms with Crippen molar-refractivity contribution in [3.8, 4) is 0 Å². The van der Waals surface area contributed by atoms with E-state index in [1.807, 2.05) is 33.8 Å². The number of nitrogen functional groups attached to an aromatic ring is 1. The molecule has 0 bridgehead atoms. The first-order valence-corrected chi connectivity index (χ1v) is 10.6. The van der Waals surface area contributed by atoms with Crippen LogP contribution in [0, 0.1) is 12.3 Å². The van der Waals surface area contributed by atoms with Gasteiger partial charge in [-0.1, -0.05) is 56.1 Å². The molecule has 0 aliphatic rings. The van der Waals surface area contributed by atoms with Crippen molar-refractivity contribution in [1.29, 1.82) is 0 Å². The van der Waals surface area contributed by atoms with Gasteiger partial charge in [0, 0.05) is 18.8 Å². The fourth-order valence-corrected chi connectivity index (χ4v) is 3.21. The number of nitrogens with two attached hydrogens (primary N) is 2. The Balaban J connectivity index is 2.19. The average molecular weight is 466 g/mol. The van der Waals surface area contributed by atoms with Gasteiger partial charge in [-0.25, -0.2) is 4.98 Å². The van der Waals surface area contributed by atoms with Crippen LogP contribution >= 0.6 is 23.2 Å². The van der Waals surface area contributed by atoms with Crippen molar-refractivity contribution in [2.75, 3.05) is 12.3 Å². The predicted octanol–water partition coefficient (Wildman–Crippen LogP) is 3.17. The Bertz CT molecular complexity index is 959. The van der Waals surface area contributed by atoms with E-state index in [1.54, 1.807) is 24.3 Å². The summed E-state index contributed by atoms with van der Waals surface area (Å²) in [5, 5.41) is 6.40. The molecule has 1 heterocycles. The average Bonchev–Trinajstić information content (AvgIpc) is 2.68. The molecule has 168 valence electrons. The summed E-state index contributed by atoms with van der Waals surface area (Å²) in [7, 11) is 0. The van der Waals surface area contributed by atoms with Crippen molar-refractivity contribution in [1.82, 2.24) is 15.6 Å². The number of hydrogen-bond acceptors (Lipinski definition) is 5. The minimum atomic E-state index is -0.714. The van der Waals surface area contributed by atoms with Gasteiger partial charge in [-0.05, 0) is 41.7 Å². The first kappa shape index (κ1) is 24.9. The Morgan fingerprint density at radius 3 is 2.32 bits per heavy atom. The lowest BCUT2D eigenvalue weighted by Crippen LogP contribution is -2.50. The standard InChI is InChI=1S/C22H29Cl2N5O2/c1-12-14(6-8-18(25)29-12)10-27-20(30)15(13-5-7-16(23)17(24)9-13)11-28-21(31)19(26)22(2,3)4/h5-9,15,19H,10-11,26H2,1-4H3,(H2,25,29)(H,27,30)(H,28,31)/t15-,19-/m0/s1. The number of hydrogen-bond donors (Lipinski definition) is 4. The van der Waals surface area contributed by atoms with Crippen LogP contribution in [-0.2, 0) is 16.1 Å². The third kappa shape index (κ3) is 6.82. The van der Waals surface area contributed by atoms with E-state index in [0.717, 1.165) is 11.3 Å². The second-order valence-electron chi connectivity index (χ2n) is 8.51. The molecule has 2 amide bonds. The van der Waals surface area contributed by atoms with Crippen LogP contribution in [-0.4, -0.2) is 29.4 Å². The molecule has 2 aromatic rings. The van der Waals surface area contributed by atoms with Crippen LogP contribution in [0.25, 0.3) is 0 Å². The molecule has 7 nitrogen and oxygen atoms in total. The molecule has 0 saturated carbocycles. The number of rotatable bonds is 7. The summed E-state index contributed by atoms with van der Waals surface area (Å²) < 4.78 is 0. The summed E-state index contributed by atoms with van der Waals surface area (Å²) in [6.07, 6.45) is 0. The zero-order valence-electron chi connectivity index (χ0n) is 18.1. The van der Waals surface area contributed by atoms with E-state index in [2.05, 4.69) is 15.6 Å². The van der Waals surface area contributed by atoms with E-state index >= 15 is 0 Å². The van der Waals surface area contributed by atoms with Crippen LogP contribution < -0.4 is 22.1 Å². The molecular formula is C22H29Cl2N5O2.